The zero-order chi connectivity index (χ0) is 19.5. The van der Waals surface area contributed by atoms with Crippen molar-refractivity contribution in [3.8, 4) is 0 Å². The molecule has 0 bridgehead atoms. The number of hydrogen-bond donors (Lipinski definition) is 3. The molecule has 2 heterocycles. The van der Waals surface area contributed by atoms with E-state index >= 15 is 0 Å². The molecule has 0 fully saturated rings. The quantitative estimate of drug-likeness (QED) is 0.575. The van der Waals surface area contributed by atoms with Gasteiger partial charge in [0.25, 0.3) is 5.91 Å². The molecule has 0 spiro atoms. The van der Waals surface area contributed by atoms with Crippen LogP contribution in [-0.4, -0.2) is 35.2 Å². The van der Waals surface area contributed by atoms with E-state index in [4.69, 9.17) is 0 Å². The molecule has 1 aliphatic rings. The minimum absolute atomic E-state index is 0.167. The van der Waals surface area contributed by atoms with Crippen molar-refractivity contribution in [1.29, 1.82) is 0 Å². The van der Waals surface area contributed by atoms with E-state index in [0.29, 0.717) is 30.9 Å². The molecular weight excluding hydrogens is 356 g/mol. The van der Waals surface area contributed by atoms with Gasteiger partial charge < -0.3 is 20.9 Å². The molecule has 0 unspecified atom stereocenters. The van der Waals surface area contributed by atoms with Gasteiger partial charge in [0.1, 0.15) is 5.69 Å². The molecule has 3 N–H and O–H groups in total. The normalized spacial score (nSPS) is 11.8. The minimum atomic E-state index is -0.167. The van der Waals surface area contributed by atoms with Gasteiger partial charge in [-0.3, -0.25) is 14.3 Å². The third-order valence-electron chi connectivity index (χ3n) is 4.68. The number of rotatable bonds is 6. The first-order chi connectivity index (χ1) is 13.7. The van der Waals surface area contributed by atoms with E-state index in [0.717, 1.165) is 22.7 Å². The summed E-state index contributed by atoms with van der Waals surface area (Å²) in [7, 11) is 1.74. The first-order valence-corrected chi connectivity index (χ1v) is 8.92. The van der Waals surface area contributed by atoms with Gasteiger partial charge in [-0.2, -0.15) is 5.10 Å². The Morgan fingerprint density at radius 1 is 1.14 bits per heavy atom. The van der Waals surface area contributed by atoms with Gasteiger partial charge in [-0.05, 0) is 30.3 Å². The number of aryl methyl sites for hydroxylation is 1. The fourth-order valence-electron chi connectivity index (χ4n) is 3.37. The summed E-state index contributed by atoms with van der Waals surface area (Å²) in [6.07, 6.45) is 2.26. The SMILES string of the molecule is Cn1nccc1C(=O)NCCN1c2ccccc2Nc2c(NC=O)cccc21. The van der Waals surface area contributed by atoms with Crippen molar-refractivity contribution in [2.45, 2.75) is 0 Å². The van der Waals surface area contributed by atoms with E-state index in [2.05, 4.69) is 25.9 Å². The molecule has 4 rings (SSSR count). The zero-order valence-corrected chi connectivity index (χ0v) is 15.3. The number of aromatic nitrogens is 2. The van der Waals surface area contributed by atoms with Crippen LogP contribution in [0, 0.1) is 0 Å². The van der Waals surface area contributed by atoms with Gasteiger partial charge in [0.15, 0.2) is 0 Å². The molecule has 3 aromatic rings. The predicted molar refractivity (Wildman–Crippen MR) is 108 cm³/mol. The summed E-state index contributed by atoms with van der Waals surface area (Å²) in [5.74, 6) is -0.167. The van der Waals surface area contributed by atoms with Crippen LogP contribution in [0.3, 0.4) is 0 Å². The second kappa shape index (κ2) is 7.43. The highest BCUT2D eigenvalue weighted by Crippen LogP contribution is 2.46. The average Bonchev–Trinajstić information content (AvgIpc) is 3.14. The molecule has 0 atom stereocenters. The van der Waals surface area contributed by atoms with Crippen LogP contribution < -0.4 is 20.9 Å². The van der Waals surface area contributed by atoms with Gasteiger partial charge in [0.2, 0.25) is 6.41 Å². The monoisotopic (exact) mass is 376 g/mol. The van der Waals surface area contributed by atoms with Crippen molar-refractivity contribution in [2.75, 3.05) is 28.6 Å². The fourth-order valence-corrected chi connectivity index (χ4v) is 3.37. The standard InChI is InChI=1S/C20H20N6O2/c1-25-18(9-10-23-25)20(28)21-11-12-26-16-7-3-2-5-14(16)24-19-15(22-13-27)6-4-8-17(19)26/h2-10,13,24H,11-12H2,1H3,(H,21,28)(H,22,27). The Morgan fingerprint density at radius 3 is 2.75 bits per heavy atom. The van der Waals surface area contributed by atoms with E-state index in [9.17, 15) is 9.59 Å². The molecule has 0 aliphatic carbocycles. The summed E-state index contributed by atoms with van der Waals surface area (Å²) in [5, 5.41) is 13.1. The molecule has 0 saturated carbocycles. The number of anilines is 5. The number of hydrogen-bond acceptors (Lipinski definition) is 5. The number of amides is 2. The van der Waals surface area contributed by atoms with Gasteiger partial charge in [0.05, 0.1) is 28.4 Å². The van der Waals surface area contributed by atoms with E-state index in [1.54, 1.807) is 24.0 Å². The summed E-state index contributed by atoms with van der Waals surface area (Å²) in [4.78, 5) is 25.4. The molecule has 28 heavy (non-hydrogen) atoms. The molecule has 8 heteroatoms. The Kier molecular flexibility index (Phi) is 4.67. The summed E-state index contributed by atoms with van der Waals surface area (Å²) >= 11 is 0. The second-order valence-electron chi connectivity index (χ2n) is 6.35. The van der Waals surface area contributed by atoms with Crippen LogP contribution in [0.2, 0.25) is 0 Å². The first kappa shape index (κ1) is 17.6. The van der Waals surface area contributed by atoms with Crippen LogP contribution >= 0.6 is 0 Å². The Labute approximate surface area is 162 Å². The lowest BCUT2D eigenvalue weighted by atomic mass is 10.1. The fraction of sp³-hybridized carbons (Fsp3) is 0.150. The zero-order valence-electron chi connectivity index (χ0n) is 15.3. The number of nitrogens with one attached hydrogen (secondary N) is 3. The molecule has 2 amide bonds. The maximum Gasteiger partial charge on any atom is 0.269 e. The molecule has 2 aromatic carbocycles. The lowest BCUT2D eigenvalue weighted by Crippen LogP contribution is -2.35. The summed E-state index contributed by atoms with van der Waals surface area (Å²) in [5.41, 5.74) is 4.91. The largest absolute Gasteiger partial charge is 0.350 e. The lowest BCUT2D eigenvalue weighted by Gasteiger charge is -2.34. The molecule has 1 aliphatic heterocycles. The highest BCUT2D eigenvalue weighted by molar-refractivity contribution is 5.99. The van der Waals surface area contributed by atoms with E-state index in [-0.39, 0.29) is 5.91 Å². The number of fused-ring (bicyclic) bond motifs is 2. The maximum atomic E-state index is 12.3. The van der Waals surface area contributed by atoms with E-state index < -0.39 is 0 Å². The van der Waals surface area contributed by atoms with Crippen LogP contribution in [-0.2, 0) is 11.8 Å². The Hall–Kier alpha value is -3.81. The highest BCUT2D eigenvalue weighted by atomic mass is 16.2. The van der Waals surface area contributed by atoms with Crippen molar-refractivity contribution in [3.05, 3.63) is 60.4 Å². The van der Waals surface area contributed by atoms with Crippen molar-refractivity contribution in [3.63, 3.8) is 0 Å². The molecule has 0 saturated heterocycles. The van der Waals surface area contributed by atoms with Gasteiger partial charge in [-0.1, -0.05) is 18.2 Å². The molecule has 0 radical (unpaired) electrons. The van der Waals surface area contributed by atoms with Crippen LogP contribution in [0.5, 0.6) is 0 Å². The third kappa shape index (κ3) is 3.16. The Balaban J connectivity index is 1.58. The Morgan fingerprint density at radius 2 is 1.96 bits per heavy atom. The van der Waals surface area contributed by atoms with Gasteiger partial charge in [-0.15, -0.1) is 0 Å². The van der Waals surface area contributed by atoms with Gasteiger partial charge in [0, 0.05) is 26.3 Å². The summed E-state index contributed by atoms with van der Waals surface area (Å²) in [6, 6.07) is 15.3. The number of para-hydroxylation sites is 3. The first-order valence-electron chi connectivity index (χ1n) is 8.92. The average molecular weight is 376 g/mol. The van der Waals surface area contributed by atoms with E-state index in [1.807, 2.05) is 42.5 Å². The molecule has 8 nitrogen and oxygen atoms in total. The minimum Gasteiger partial charge on any atom is -0.350 e. The van der Waals surface area contributed by atoms with Crippen LogP contribution in [0.15, 0.2) is 54.7 Å². The summed E-state index contributed by atoms with van der Waals surface area (Å²) < 4.78 is 1.54. The van der Waals surface area contributed by atoms with Crippen molar-refractivity contribution in [2.24, 2.45) is 7.05 Å². The van der Waals surface area contributed by atoms with Crippen LogP contribution in [0.25, 0.3) is 0 Å². The Bertz CT molecular complexity index is 1030. The third-order valence-corrected chi connectivity index (χ3v) is 4.68. The smallest absolute Gasteiger partial charge is 0.269 e. The second-order valence-corrected chi connectivity index (χ2v) is 6.35. The highest BCUT2D eigenvalue weighted by Gasteiger charge is 2.24. The van der Waals surface area contributed by atoms with Crippen molar-refractivity contribution in [1.82, 2.24) is 15.1 Å². The van der Waals surface area contributed by atoms with Gasteiger partial charge in [-0.25, -0.2) is 0 Å². The van der Waals surface area contributed by atoms with Gasteiger partial charge >= 0.3 is 0 Å². The number of carbonyl (C=O) groups excluding carboxylic acids is 2. The summed E-state index contributed by atoms with van der Waals surface area (Å²) in [6.45, 7) is 1.02. The molecule has 142 valence electrons. The van der Waals surface area contributed by atoms with Crippen LogP contribution in [0.1, 0.15) is 10.5 Å². The predicted octanol–water partition coefficient (Wildman–Crippen LogP) is 2.61. The topological polar surface area (TPSA) is 91.3 Å². The molecular formula is C20H20N6O2. The number of carbonyl (C=O) groups is 2. The van der Waals surface area contributed by atoms with E-state index in [1.165, 1.54) is 0 Å². The maximum absolute atomic E-state index is 12.3. The lowest BCUT2D eigenvalue weighted by molar-refractivity contribution is -0.105. The van der Waals surface area contributed by atoms with Crippen molar-refractivity contribution < 1.29 is 9.59 Å². The number of benzene rings is 2. The number of nitrogens with zero attached hydrogens (tertiary/aromatic N) is 3. The molecule has 1 aromatic heterocycles. The van der Waals surface area contributed by atoms with Crippen LogP contribution in [0.4, 0.5) is 28.4 Å². The van der Waals surface area contributed by atoms with Crippen molar-refractivity contribution >= 4 is 40.8 Å².